The van der Waals surface area contributed by atoms with E-state index in [9.17, 15) is 76.0 Å². The van der Waals surface area contributed by atoms with Crippen molar-refractivity contribution < 1.29 is 109 Å². The van der Waals surface area contributed by atoms with Crippen LogP contribution in [0.5, 0.6) is 34.5 Å². The average Bonchev–Trinajstić information content (AvgIpc) is 3.28. The van der Waals surface area contributed by atoms with Crippen LogP contribution in [0, 0.1) is 0 Å². The molecular weight excluding hydrogens is 872 g/mol. The summed E-state index contributed by atoms with van der Waals surface area (Å²) in [4.78, 5) is 27.5. The Morgan fingerprint density at radius 2 is 1.32 bits per heavy atom. The third-order valence-corrected chi connectivity index (χ3v) is 10.9. The lowest BCUT2D eigenvalue weighted by atomic mass is 9.98. The predicted molar refractivity (Wildman–Crippen MR) is 214 cm³/mol. The summed E-state index contributed by atoms with van der Waals surface area (Å²) in [6.45, 7) is -0.145. The standard InChI is InChI=1S/C42H46O23/c1-15-28(49)31(52)34(55)40(59-15)58-14-25-38(64-26(48)9-4-16-2-6-18(44)7-3-16)33(54)36(57)42(63-25)65-39-30(51)27-22(47)11-19(60-41-35(56)32(53)29(50)24(13-43)62-41)12-23(27)61-37(39)17-5-8-20(45)21(46)10-17/h2-12,15,24-25,28-29,31-36,38,40-47,49-50,52-57H,13-14H2,1H3/b9-4-/t15-,24+,25+,28-,29+,31+,32-,33+,34+,35+,36+,38-,40+,41+,42-/m0/s1. The number of rotatable bonds is 12. The molecule has 0 saturated carbocycles. The predicted octanol–water partition coefficient (Wildman–Crippen LogP) is -2.24. The summed E-state index contributed by atoms with van der Waals surface area (Å²) < 4.78 is 45.5. The fourth-order valence-corrected chi connectivity index (χ4v) is 7.25. The number of aliphatic hydroxyl groups excluding tert-OH is 9. The molecule has 4 heterocycles. The van der Waals surface area contributed by atoms with Gasteiger partial charge < -0.3 is 104 Å². The number of ether oxygens (including phenoxy) is 7. The lowest BCUT2D eigenvalue weighted by Crippen LogP contribution is -2.62. The van der Waals surface area contributed by atoms with Gasteiger partial charge in [-0.1, -0.05) is 12.1 Å². The van der Waals surface area contributed by atoms with E-state index in [0.29, 0.717) is 5.56 Å². The molecule has 15 atom stereocenters. The number of hydrogen-bond acceptors (Lipinski definition) is 23. The van der Waals surface area contributed by atoms with Gasteiger partial charge in [-0.15, -0.1) is 0 Å². The summed E-state index contributed by atoms with van der Waals surface area (Å²) in [5.74, 6) is -4.96. The van der Waals surface area contributed by atoms with Gasteiger partial charge in [0.2, 0.25) is 23.8 Å². The molecule has 1 aromatic heterocycles. The Labute approximate surface area is 365 Å². The second kappa shape index (κ2) is 19.4. The first-order valence-electron chi connectivity index (χ1n) is 19.9. The molecule has 3 aliphatic rings. The fourth-order valence-electron chi connectivity index (χ4n) is 7.25. The van der Waals surface area contributed by atoms with Gasteiger partial charge in [-0.25, -0.2) is 4.79 Å². The molecule has 3 aromatic carbocycles. The summed E-state index contributed by atoms with van der Waals surface area (Å²) in [5, 5.41) is 135. The van der Waals surface area contributed by atoms with Gasteiger partial charge in [0.15, 0.2) is 29.7 Å². The van der Waals surface area contributed by atoms with Crippen molar-refractivity contribution in [3.63, 3.8) is 0 Å². The summed E-state index contributed by atoms with van der Waals surface area (Å²) in [5.41, 5.74) is -1.31. The van der Waals surface area contributed by atoms with Crippen LogP contribution in [-0.2, 0) is 28.5 Å². The maximum Gasteiger partial charge on any atom is 0.331 e. The molecule has 13 N–H and O–H groups in total. The highest BCUT2D eigenvalue weighted by molar-refractivity contribution is 5.89. The zero-order valence-electron chi connectivity index (χ0n) is 33.8. The van der Waals surface area contributed by atoms with Crippen LogP contribution in [0.25, 0.3) is 28.4 Å². The van der Waals surface area contributed by atoms with E-state index in [2.05, 4.69) is 0 Å². The number of esters is 1. The zero-order valence-corrected chi connectivity index (χ0v) is 33.8. The van der Waals surface area contributed by atoms with Crippen molar-refractivity contribution >= 4 is 23.0 Å². The Morgan fingerprint density at radius 3 is 2.02 bits per heavy atom. The molecule has 3 fully saturated rings. The van der Waals surface area contributed by atoms with Gasteiger partial charge in [-0.2, -0.15) is 0 Å². The minimum atomic E-state index is -2.17. The summed E-state index contributed by atoms with van der Waals surface area (Å²) >= 11 is 0. The topological polar surface area (TPSA) is 375 Å². The maximum absolute atomic E-state index is 14.4. The highest BCUT2D eigenvalue weighted by Crippen LogP contribution is 2.40. The number of aliphatic hydroxyl groups is 9. The van der Waals surface area contributed by atoms with Gasteiger partial charge in [0.05, 0.1) is 19.3 Å². The number of phenolic OH excluding ortho intramolecular Hbond substituents is 4. The van der Waals surface area contributed by atoms with Gasteiger partial charge >= 0.3 is 5.97 Å². The van der Waals surface area contributed by atoms with Crippen molar-refractivity contribution in [3.05, 3.63) is 76.5 Å². The SMILES string of the molecule is C[C@@H]1O[C@@H](OC[C@H]2O[C@@H](Oc3c(-c4ccc(O)c(O)c4)oc4cc(O[C@@H]5O[C@H](CO)[C@@H](O)[C@H](O)[C@H]5O)cc(O)c4c3=O)[C@H](O)[C@@H](O)[C@H]2OC(=O)/C=C\c2ccc(O)cc2)[C@H](O)[C@H](O)[C@H]1O. The zero-order chi connectivity index (χ0) is 47.0. The smallest absolute Gasteiger partial charge is 0.331 e. The molecule has 23 nitrogen and oxygen atoms in total. The monoisotopic (exact) mass is 918 g/mol. The van der Waals surface area contributed by atoms with Crippen LogP contribution in [0.1, 0.15) is 12.5 Å². The Morgan fingerprint density at radius 1 is 0.677 bits per heavy atom. The normalized spacial score (nSPS) is 32.9. The Bertz CT molecular complexity index is 2400. The molecule has 0 unspecified atom stereocenters. The number of aromatic hydroxyl groups is 4. The largest absolute Gasteiger partial charge is 0.508 e. The highest BCUT2D eigenvalue weighted by Gasteiger charge is 2.50. The van der Waals surface area contributed by atoms with Crippen molar-refractivity contribution in [2.45, 2.75) is 99.0 Å². The first-order chi connectivity index (χ1) is 30.9. The second-order valence-electron chi connectivity index (χ2n) is 15.4. The molecular formula is C42H46O23. The first-order valence-corrected chi connectivity index (χ1v) is 19.9. The number of carbonyl (C=O) groups is 1. The number of hydrogen-bond donors (Lipinski definition) is 13. The van der Waals surface area contributed by atoms with Gasteiger partial charge in [-0.3, -0.25) is 4.79 Å². The number of benzene rings is 3. The van der Waals surface area contributed by atoms with E-state index in [1.807, 2.05) is 0 Å². The van der Waals surface area contributed by atoms with Crippen LogP contribution in [0.2, 0.25) is 0 Å². The fraction of sp³-hybridized carbons (Fsp3) is 0.429. The van der Waals surface area contributed by atoms with Gasteiger partial charge in [0.1, 0.15) is 89.3 Å². The van der Waals surface area contributed by atoms with Crippen LogP contribution < -0.4 is 14.9 Å². The van der Waals surface area contributed by atoms with Crippen molar-refractivity contribution in [1.82, 2.24) is 0 Å². The maximum atomic E-state index is 14.4. The molecule has 0 aliphatic carbocycles. The van der Waals surface area contributed by atoms with Gasteiger partial charge in [0, 0.05) is 23.8 Å². The van der Waals surface area contributed by atoms with E-state index in [1.165, 1.54) is 43.3 Å². The molecule has 7 rings (SSSR count). The van der Waals surface area contributed by atoms with E-state index in [0.717, 1.165) is 30.3 Å². The van der Waals surface area contributed by atoms with Crippen LogP contribution >= 0.6 is 0 Å². The highest BCUT2D eigenvalue weighted by atomic mass is 16.7. The second-order valence-corrected chi connectivity index (χ2v) is 15.4. The molecule has 4 aromatic rings. The summed E-state index contributed by atoms with van der Waals surface area (Å²) in [6.07, 6.45) is -23.8. The number of fused-ring (bicyclic) bond motifs is 1. The molecule has 0 radical (unpaired) electrons. The molecule has 3 saturated heterocycles. The van der Waals surface area contributed by atoms with Crippen LogP contribution in [-0.4, -0.2) is 178 Å². The quantitative estimate of drug-likeness (QED) is 0.0406. The minimum Gasteiger partial charge on any atom is -0.508 e. The lowest BCUT2D eigenvalue weighted by molar-refractivity contribution is -0.319. The van der Waals surface area contributed by atoms with Gasteiger partial charge in [0.25, 0.3) is 0 Å². The first kappa shape index (κ1) is 47.3. The summed E-state index contributed by atoms with van der Waals surface area (Å²) in [7, 11) is 0. The molecule has 0 spiro atoms. The van der Waals surface area contributed by atoms with Gasteiger partial charge in [-0.05, 0) is 48.9 Å². The average molecular weight is 919 g/mol. The van der Waals surface area contributed by atoms with E-state index in [-0.39, 0.29) is 17.1 Å². The van der Waals surface area contributed by atoms with Crippen LogP contribution in [0.4, 0.5) is 0 Å². The van der Waals surface area contributed by atoms with Crippen molar-refractivity contribution in [2.24, 2.45) is 0 Å². The van der Waals surface area contributed by atoms with Crippen molar-refractivity contribution in [1.29, 1.82) is 0 Å². The van der Waals surface area contributed by atoms with E-state index < -0.39 is 156 Å². The van der Waals surface area contributed by atoms with Crippen molar-refractivity contribution in [3.8, 4) is 45.8 Å². The molecule has 65 heavy (non-hydrogen) atoms. The molecule has 23 heteroatoms. The molecule has 0 amide bonds. The third-order valence-electron chi connectivity index (χ3n) is 10.9. The van der Waals surface area contributed by atoms with Crippen LogP contribution in [0.15, 0.2) is 69.9 Å². The molecule has 3 aliphatic heterocycles. The minimum absolute atomic E-state index is 0.0373. The van der Waals surface area contributed by atoms with E-state index >= 15 is 0 Å². The number of phenols is 4. The van der Waals surface area contributed by atoms with Crippen molar-refractivity contribution in [2.75, 3.05) is 13.2 Å². The van der Waals surface area contributed by atoms with E-state index in [1.54, 1.807) is 0 Å². The Kier molecular flexibility index (Phi) is 14.2. The van der Waals surface area contributed by atoms with Crippen LogP contribution in [0.3, 0.4) is 0 Å². The molecule has 352 valence electrons. The Balaban J connectivity index is 1.23. The summed E-state index contributed by atoms with van der Waals surface area (Å²) in [6, 6.07) is 10.8. The Hall–Kier alpha value is -5.64. The third kappa shape index (κ3) is 9.83. The lowest BCUT2D eigenvalue weighted by Gasteiger charge is -2.43. The number of carbonyl (C=O) groups excluding carboxylic acids is 1. The van der Waals surface area contributed by atoms with E-state index in [4.69, 9.17) is 37.6 Å². The molecule has 0 bridgehead atoms.